The Balaban J connectivity index is 2.10. The smallest absolute Gasteiger partial charge is 0.233 e. The molecule has 1 rings (SSSR count). The Morgan fingerprint density at radius 3 is 2.50 bits per heavy atom. The molecule has 0 bridgehead atoms. The van der Waals surface area contributed by atoms with Crippen LogP contribution < -0.4 is 11.3 Å². The summed E-state index contributed by atoms with van der Waals surface area (Å²) < 4.78 is 0. The fourth-order valence-corrected chi connectivity index (χ4v) is 2.90. The largest absolute Gasteiger partial charge is 0.303 e. The summed E-state index contributed by atoms with van der Waals surface area (Å²) in [5.74, 6) is 5.95. The molecule has 0 saturated heterocycles. The van der Waals surface area contributed by atoms with E-state index in [-0.39, 0.29) is 5.91 Å². The van der Waals surface area contributed by atoms with E-state index in [1.807, 2.05) is 0 Å². The van der Waals surface area contributed by atoms with E-state index in [0.717, 1.165) is 31.3 Å². The van der Waals surface area contributed by atoms with Gasteiger partial charge in [-0.25, -0.2) is 5.84 Å². The van der Waals surface area contributed by atoms with Crippen molar-refractivity contribution in [2.45, 2.75) is 64.3 Å². The van der Waals surface area contributed by atoms with E-state index in [2.05, 4.69) is 24.3 Å². The molecule has 3 N–H and O–H groups in total. The number of carbonyl (C=O) groups is 1. The summed E-state index contributed by atoms with van der Waals surface area (Å²) in [5.41, 5.74) is 2.18. The molecule has 1 aliphatic rings. The Morgan fingerprint density at radius 1 is 1.28 bits per heavy atom. The molecule has 1 amide bonds. The molecule has 4 heteroatoms. The fraction of sp³-hybridized carbons (Fsp3) is 0.929. The van der Waals surface area contributed by atoms with Gasteiger partial charge in [0, 0.05) is 12.5 Å². The molecular weight excluding hydrogens is 226 g/mol. The van der Waals surface area contributed by atoms with Gasteiger partial charge in [-0.3, -0.25) is 10.2 Å². The summed E-state index contributed by atoms with van der Waals surface area (Å²) in [5, 5.41) is 0. The summed E-state index contributed by atoms with van der Waals surface area (Å²) in [6.45, 7) is 3.40. The number of nitrogens with one attached hydrogen (secondary N) is 1. The number of hydrazine groups is 1. The number of hydrogen-bond acceptors (Lipinski definition) is 3. The van der Waals surface area contributed by atoms with E-state index in [9.17, 15) is 4.79 Å². The minimum atomic E-state index is -0.0545. The lowest BCUT2D eigenvalue weighted by Crippen LogP contribution is -2.36. The fourth-order valence-electron chi connectivity index (χ4n) is 2.90. The number of amides is 1. The van der Waals surface area contributed by atoms with Crippen LogP contribution in [0.5, 0.6) is 0 Å². The topological polar surface area (TPSA) is 58.4 Å². The van der Waals surface area contributed by atoms with Crippen molar-refractivity contribution in [2.75, 3.05) is 13.6 Å². The van der Waals surface area contributed by atoms with Crippen molar-refractivity contribution < 1.29 is 4.79 Å². The second-order valence-electron chi connectivity index (χ2n) is 5.59. The summed E-state index contributed by atoms with van der Waals surface area (Å²) >= 11 is 0. The first-order valence-electron chi connectivity index (χ1n) is 7.37. The van der Waals surface area contributed by atoms with Crippen molar-refractivity contribution in [3.8, 4) is 0 Å². The molecule has 0 aromatic carbocycles. The maximum absolute atomic E-state index is 11.0. The molecule has 1 saturated carbocycles. The van der Waals surface area contributed by atoms with Gasteiger partial charge in [-0.1, -0.05) is 13.3 Å². The van der Waals surface area contributed by atoms with Crippen molar-refractivity contribution in [2.24, 2.45) is 11.8 Å². The Labute approximate surface area is 111 Å². The van der Waals surface area contributed by atoms with Crippen LogP contribution in [0.15, 0.2) is 0 Å². The van der Waals surface area contributed by atoms with Gasteiger partial charge in [-0.2, -0.15) is 0 Å². The molecule has 0 radical (unpaired) electrons. The molecule has 0 spiro atoms. The third kappa shape index (κ3) is 5.36. The molecule has 0 aromatic rings. The minimum Gasteiger partial charge on any atom is -0.303 e. The van der Waals surface area contributed by atoms with Crippen LogP contribution in [-0.4, -0.2) is 30.4 Å². The molecule has 0 heterocycles. The Bertz CT molecular complexity index is 237. The highest BCUT2D eigenvalue weighted by molar-refractivity contribution is 5.75. The standard InChI is InChI=1S/C14H29N3O/c1-3-12-7-9-13(10-8-12)17(2)11-5-4-6-14(18)16-15/h12-13H,3-11,15H2,1-2H3,(H,16,18). The zero-order valence-electron chi connectivity index (χ0n) is 12.0. The predicted octanol–water partition coefficient (Wildman–Crippen LogP) is 2.05. The van der Waals surface area contributed by atoms with Crippen LogP contribution >= 0.6 is 0 Å². The van der Waals surface area contributed by atoms with Gasteiger partial charge in [0.05, 0.1) is 0 Å². The minimum absolute atomic E-state index is 0.0545. The molecule has 1 fully saturated rings. The van der Waals surface area contributed by atoms with Gasteiger partial charge in [0.25, 0.3) is 0 Å². The van der Waals surface area contributed by atoms with E-state index in [1.165, 1.54) is 32.1 Å². The molecule has 18 heavy (non-hydrogen) atoms. The SMILES string of the molecule is CCC1CCC(N(C)CCCCC(=O)NN)CC1. The van der Waals surface area contributed by atoms with Gasteiger partial charge < -0.3 is 4.90 Å². The zero-order chi connectivity index (χ0) is 13.4. The van der Waals surface area contributed by atoms with Gasteiger partial charge in [-0.15, -0.1) is 0 Å². The Hall–Kier alpha value is -0.610. The highest BCUT2D eigenvalue weighted by atomic mass is 16.2. The van der Waals surface area contributed by atoms with E-state index < -0.39 is 0 Å². The first-order chi connectivity index (χ1) is 8.67. The lowest BCUT2D eigenvalue weighted by atomic mass is 9.84. The van der Waals surface area contributed by atoms with E-state index in [1.54, 1.807) is 0 Å². The first-order valence-corrected chi connectivity index (χ1v) is 7.37. The van der Waals surface area contributed by atoms with Gasteiger partial charge in [-0.05, 0) is 58.0 Å². The second-order valence-corrected chi connectivity index (χ2v) is 5.59. The molecule has 0 aliphatic heterocycles. The van der Waals surface area contributed by atoms with Crippen LogP contribution in [-0.2, 0) is 4.79 Å². The third-order valence-corrected chi connectivity index (χ3v) is 4.34. The van der Waals surface area contributed by atoms with Crippen molar-refractivity contribution >= 4 is 5.91 Å². The Kier molecular flexibility index (Phi) is 7.28. The van der Waals surface area contributed by atoms with Crippen LogP contribution in [0, 0.1) is 5.92 Å². The maximum Gasteiger partial charge on any atom is 0.233 e. The molecule has 0 unspecified atom stereocenters. The second kappa shape index (κ2) is 8.48. The zero-order valence-corrected chi connectivity index (χ0v) is 12.0. The summed E-state index contributed by atoms with van der Waals surface area (Å²) in [4.78, 5) is 13.5. The van der Waals surface area contributed by atoms with Crippen molar-refractivity contribution in [3.63, 3.8) is 0 Å². The predicted molar refractivity (Wildman–Crippen MR) is 74.8 cm³/mol. The molecule has 4 nitrogen and oxygen atoms in total. The van der Waals surface area contributed by atoms with Crippen molar-refractivity contribution in [1.29, 1.82) is 0 Å². The number of nitrogens with two attached hydrogens (primary N) is 1. The van der Waals surface area contributed by atoms with Gasteiger partial charge in [0.15, 0.2) is 0 Å². The molecular formula is C14H29N3O. The monoisotopic (exact) mass is 255 g/mol. The van der Waals surface area contributed by atoms with Crippen LogP contribution in [0.4, 0.5) is 0 Å². The van der Waals surface area contributed by atoms with E-state index >= 15 is 0 Å². The lowest BCUT2D eigenvalue weighted by Gasteiger charge is -2.34. The number of unbranched alkanes of at least 4 members (excludes halogenated alkanes) is 1. The quantitative estimate of drug-likeness (QED) is 0.317. The van der Waals surface area contributed by atoms with Gasteiger partial charge >= 0.3 is 0 Å². The highest BCUT2D eigenvalue weighted by Gasteiger charge is 2.22. The third-order valence-electron chi connectivity index (χ3n) is 4.34. The normalized spacial score (nSPS) is 24.2. The summed E-state index contributed by atoms with van der Waals surface area (Å²) in [6.07, 6.45) is 9.37. The first kappa shape index (κ1) is 15.4. The highest BCUT2D eigenvalue weighted by Crippen LogP contribution is 2.28. The summed E-state index contributed by atoms with van der Waals surface area (Å²) in [6, 6.07) is 0.760. The molecule has 106 valence electrons. The maximum atomic E-state index is 11.0. The number of carbonyl (C=O) groups excluding carboxylic acids is 1. The van der Waals surface area contributed by atoms with Crippen LogP contribution in [0.3, 0.4) is 0 Å². The van der Waals surface area contributed by atoms with Crippen LogP contribution in [0.2, 0.25) is 0 Å². The molecule has 0 atom stereocenters. The van der Waals surface area contributed by atoms with Crippen molar-refractivity contribution in [1.82, 2.24) is 10.3 Å². The Morgan fingerprint density at radius 2 is 1.94 bits per heavy atom. The number of hydrogen-bond donors (Lipinski definition) is 2. The van der Waals surface area contributed by atoms with Crippen molar-refractivity contribution in [3.05, 3.63) is 0 Å². The molecule has 1 aliphatic carbocycles. The molecule has 0 aromatic heterocycles. The average Bonchev–Trinajstić information content (AvgIpc) is 2.43. The van der Waals surface area contributed by atoms with Crippen LogP contribution in [0.1, 0.15) is 58.3 Å². The van der Waals surface area contributed by atoms with Crippen LogP contribution in [0.25, 0.3) is 0 Å². The van der Waals surface area contributed by atoms with Gasteiger partial charge in [0.1, 0.15) is 0 Å². The lowest BCUT2D eigenvalue weighted by molar-refractivity contribution is -0.121. The van der Waals surface area contributed by atoms with E-state index in [0.29, 0.717) is 6.42 Å². The number of rotatable bonds is 7. The van der Waals surface area contributed by atoms with Gasteiger partial charge in [0.2, 0.25) is 5.91 Å². The summed E-state index contributed by atoms with van der Waals surface area (Å²) in [7, 11) is 2.22. The van der Waals surface area contributed by atoms with E-state index in [4.69, 9.17) is 5.84 Å². The number of nitrogens with zero attached hydrogens (tertiary/aromatic N) is 1. The average molecular weight is 255 g/mol.